The molecule has 0 spiro atoms. The summed E-state index contributed by atoms with van der Waals surface area (Å²) in [7, 11) is 0. The maximum absolute atomic E-state index is 12.8. The highest BCUT2D eigenvalue weighted by Gasteiger charge is 2.32. The van der Waals surface area contributed by atoms with Gasteiger partial charge in [0.15, 0.2) is 0 Å². The molecule has 0 aromatic heterocycles. The Bertz CT molecular complexity index is 519. The lowest BCUT2D eigenvalue weighted by Gasteiger charge is -2.32. The van der Waals surface area contributed by atoms with Crippen LogP contribution in [0.3, 0.4) is 0 Å². The number of carbonyl (C=O) groups is 1. The van der Waals surface area contributed by atoms with Gasteiger partial charge in [-0.1, -0.05) is 0 Å². The van der Waals surface area contributed by atoms with E-state index in [-0.39, 0.29) is 17.5 Å². The highest BCUT2D eigenvalue weighted by Crippen LogP contribution is 2.31. The number of benzene rings is 1. The molecule has 0 aliphatic carbocycles. The van der Waals surface area contributed by atoms with Crippen LogP contribution in [0.4, 0.5) is 13.2 Å². The average Bonchev–Trinajstić information content (AvgIpc) is 2.36. The van der Waals surface area contributed by atoms with Crippen LogP contribution in [0.2, 0.25) is 0 Å². The Hall–Kier alpha value is -0.830. The van der Waals surface area contributed by atoms with Crippen molar-refractivity contribution in [1.82, 2.24) is 10.2 Å². The summed E-state index contributed by atoms with van der Waals surface area (Å²) in [6.45, 7) is 3.61. The van der Waals surface area contributed by atoms with Gasteiger partial charge in [-0.2, -0.15) is 13.2 Å². The zero-order valence-electron chi connectivity index (χ0n) is 10.8. The Morgan fingerprint density at radius 1 is 1.40 bits per heavy atom. The molecule has 0 radical (unpaired) electrons. The van der Waals surface area contributed by atoms with Crippen LogP contribution in [-0.2, 0) is 6.18 Å². The SMILES string of the molecule is C[C@@H]1CN(C(=O)c2cc(I)cc(C(F)(F)F)c2)CCN1. The van der Waals surface area contributed by atoms with Crippen LogP contribution in [0.15, 0.2) is 18.2 Å². The molecule has 3 nitrogen and oxygen atoms in total. The quantitative estimate of drug-likeness (QED) is 0.739. The first-order valence-corrected chi connectivity index (χ1v) is 7.25. The van der Waals surface area contributed by atoms with Crippen molar-refractivity contribution in [2.24, 2.45) is 0 Å². The second kappa shape index (κ2) is 5.88. The third-order valence-corrected chi connectivity index (χ3v) is 3.75. The van der Waals surface area contributed by atoms with Gasteiger partial charge in [0, 0.05) is 34.8 Å². The van der Waals surface area contributed by atoms with E-state index in [0.29, 0.717) is 23.2 Å². The minimum atomic E-state index is -4.44. The molecule has 7 heteroatoms. The monoisotopic (exact) mass is 398 g/mol. The van der Waals surface area contributed by atoms with E-state index in [1.54, 1.807) is 27.5 Å². The molecule has 2 rings (SSSR count). The standard InChI is InChI=1S/C13H14F3IN2O/c1-8-7-19(3-2-18-8)12(20)9-4-10(13(14,15)16)6-11(17)5-9/h4-6,8,18H,2-3,7H2,1H3/t8-/m1/s1. The molecule has 1 heterocycles. The van der Waals surface area contributed by atoms with Crippen LogP contribution < -0.4 is 5.32 Å². The van der Waals surface area contributed by atoms with Crippen molar-refractivity contribution < 1.29 is 18.0 Å². The Morgan fingerprint density at radius 2 is 2.10 bits per heavy atom. The van der Waals surface area contributed by atoms with E-state index in [9.17, 15) is 18.0 Å². The predicted molar refractivity (Wildman–Crippen MR) is 77.5 cm³/mol. The van der Waals surface area contributed by atoms with E-state index in [1.165, 1.54) is 6.07 Å². The first kappa shape index (κ1) is 15.6. The fourth-order valence-corrected chi connectivity index (χ4v) is 2.85. The van der Waals surface area contributed by atoms with Crippen LogP contribution in [0, 0.1) is 3.57 Å². The van der Waals surface area contributed by atoms with Gasteiger partial charge >= 0.3 is 6.18 Å². The Labute approximate surface area is 128 Å². The lowest BCUT2D eigenvalue weighted by Crippen LogP contribution is -2.51. The van der Waals surface area contributed by atoms with Crippen LogP contribution in [0.1, 0.15) is 22.8 Å². The normalized spacial score (nSPS) is 20.1. The number of hydrogen-bond acceptors (Lipinski definition) is 2. The van der Waals surface area contributed by atoms with Crippen LogP contribution in [0.25, 0.3) is 0 Å². The van der Waals surface area contributed by atoms with Crippen molar-refractivity contribution >= 4 is 28.5 Å². The molecular formula is C13H14F3IN2O. The summed E-state index contributed by atoms with van der Waals surface area (Å²) >= 11 is 1.80. The number of nitrogens with zero attached hydrogens (tertiary/aromatic N) is 1. The number of amides is 1. The summed E-state index contributed by atoms with van der Waals surface area (Å²) in [5.41, 5.74) is -0.686. The lowest BCUT2D eigenvalue weighted by molar-refractivity contribution is -0.137. The molecule has 1 aromatic rings. The zero-order chi connectivity index (χ0) is 14.9. The molecule has 1 aliphatic rings. The van der Waals surface area contributed by atoms with Gasteiger partial charge in [0.1, 0.15) is 0 Å². The number of carbonyl (C=O) groups excluding carboxylic acids is 1. The predicted octanol–water partition coefficient (Wildman–Crippen LogP) is 2.74. The molecule has 1 fully saturated rings. The molecule has 1 atom stereocenters. The van der Waals surface area contributed by atoms with Gasteiger partial charge in [-0.25, -0.2) is 0 Å². The highest BCUT2D eigenvalue weighted by molar-refractivity contribution is 14.1. The minimum absolute atomic E-state index is 0.0957. The van der Waals surface area contributed by atoms with E-state index in [2.05, 4.69) is 5.32 Å². The van der Waals surface area contributed by atoms with Crippen molar-refractivity contribution in [3.63, 3.8) is 0 Å². The van der Waals surface area contributed by atoms with Gasteiger partial charge < -0.3 is 10.2 Å². The Balaban J connectivity index is 2.28. The number of nitrogens with one attached hydrogen (secondary N) is 1. The molecule has 1 N–H and O–H groups in total. The van der Waals surface area contributed by atoms with Crippen molar-refractivity contribution in [3.05, 3.63) is 32.9 Å². The van der Waals surface area contributed by atoms with Gasteiger partial charge in [-0.3, -0.25) is 4.79 Å². The second-order valence-electron chi connectivity index (χ2n) is 4.83. The zero-order valence-corrected chi connectivity index (χ0v) is 13.0. The van der Waals surface area contributed by atoms with Gasteiger partial charge in [0.05, 0.1) is 5.56 Å². The van der Waals surface area contributed by atoms with E-state index in [1.807, 2.05) is 6.92 Å². The van der Waals surface area contributed by atoms with Gasteiger partial charge in [0.2, 0.25) is 0 Å². The number of hydrogen-bond donors (Lipinski definition) is 1. The first-order valence-electron chi connectivity index (χ1n) is 6.18. The third kappa shape index (κ3) is 3.63. The maximum Gasteiger partial charge on any atom is 0.416 e. The molecular weight excluding hydrogens is 384 g/mol. The topological polar surface area (TPSA) is 32.3 Å². The number of rotatable bonds is 1. The Kier molecular flexibility index (Phi) is 4.58. The van der Waals surface area contributed by atoms with Crippen molar-refractivity contribution in [1.29, 1.82) is 0 Å². The highest BCUT2D eigenvalue weighted by atomic mass is 127. The summed E-state index contributed by atoms with van der Waals surface area (Å²) < 4.78 is 38.7. The molecule has 1 aromatic carbocycles. The summed E-state index contributed by atoms with van der Waals surface area (Å²) in [4.78, 5) is 13.9. The fourth-order valence-electron chi connectivity index (χ4n) is 2.18. The van der Waals surface area contributed by atoms with E-state index in [4.69, 9.17) is 0 Å². The second-order valence-corrected chi connectivity index (χ2v) is 6.08. The smallest absolute Gasteiger partial charge is 0.336 e. The molecule has 0 saturated carbocycles. The average molecular weight is 398 g/mol. The van der Waals surface area contributed by atoms with Crippen LogP contribution in [-0.4, -0.2) is 36.5 Å². The molecule has 0 unspecified atom stereocenters. The summed E-state index contributed by atoms with van der Waals surface area (Å²) in [5, 5.41) is 3.19. The van der Waals surface area contributed by atoms with E-state index in [0.717, 1.165) is 12.1 Å². The van der Waals surface area contributed by atoms with E-state index < -0.39 is 11.7 Å². The summed E-state index contributed by atoms with van der Waals surface area (Å²) in [6, 6.07) is 3.61. The van der Waals surface area contributed by atoms with Gasteiger partial charge in [0.25, 0.3) is 5.91 Å². The van der Waals surface area contributed by atoms with E-state index >= 15 is 0 Å². The van der Waals surface area contributed by atoms with Crippen molar-refractivity contribution in [2.75, 3.05) is 19.6 Å². The molecule has 1 amide bonds. The minimum Gasteiger partial charge on any atom is -0.336 e. The van der Waals surface area contributed by atoms with Crippen LogP contribution >= 0.6 is 22.6 Å². The van der Waals surface area contributed by atoms with Gasteiger partial charge in [-0.05, 0) is 47.7 Å². The fraction of sp³-hybridized carbons (Fsp3) is 0.462. The number of halogens is 4. The number of alkyl halides is 3. The van der Waals surface area contributed by atoms with Crippen molar-refractivity contribution in [2.45, 2.75) is 19.1 Å². The lowest BCUT2D eigenvalue weighted by atomic mass is 10.1. The van der Waals surface area contributed by atoms with Gasteiger partial charge in [-0.15, -0.1) is 0 Å². The third-order valence-electron chi connectivity index (χ3n) is 3.13. The van der Waals surface area contributed by atoms with Crippen LogP contribution in [0.5, 0.6) is 0 Å². The first-order chi connectivity index (χ1) is 9.27. The summed E-state index contributed by atoms with van der Waals surface area (Å²) in [5.74, 6) is -0.345. The summed E-state index contributed by atoms with van der Waals surface area (Å²) in [6.07, 6.45) is -4.44. The van der Waals surface area contributed by atoms with Crippen molar-refractivity contribution in [3.8, 4) is 0 Å². The molecule has 1 saturated heterocycles. The maximum atomic E-state index is 12.8. The molecule has 0 bridgehead atoms. The Morgan fingerprint density at radius 3 is 2.70 bits per heavy atom. The molecule has 110 valence electrons. The molecule has 1 aliphatic heterocycles. The largest absolute Gasteiger partial charge is 0.416 e. The number of piperazine rings is 1. The molecule has 20 heavy (non-hydrogen) atoms.